The molecule has 3 nitrogen and oxygen atoms in total. The minimum Gasteiger partial charge on any atom is -0.493 e. The second-order valence-electron chi connectivity index (χ2n) is 2.62. The Balaban J connectivity index is 2.66. The first-order valence-electron chi connectivity index (χ1n) is 3.69. The molecule has 1 atom stereocenters. The van der Waals surface area contributed by atoms with Gasteiger partial charge in [0.1, 0.15) is 11.9 Å². The van der Waals surface area contributed by atoms with Crippen LogP contribution in [-0.4, -0.2) is 23.6 Å². The van der Waals surface area contributed by atoms with E-state index in [0.29, 0.717) is 17.8 Å². The molecule has 0 amide bonds. The van der Waals surface area contributed by atoms with Crippen LogP contribution in [0.25, 0.3) is 0 Å². The van der Waals surface area contributed by atoms with Crippen molar-refractivity contribution in [2.75, 3.05) is 11.5 Å². The summed E-state index contributed by atoms with van der Waals surface area (Å²) in [5, 5.41) is 0. The number of alkyl halides is 1. The molecule has 0 N–H and O–H groups in total. The fourth-order valence-corrected chi connectivity index (χ4v) is 1.66. The number of halogens is 1. The molecule has 4 heteroatoms. The third-order valence-electron chi connectivity index (χ3n) is 1.80. The Morgan fingerprint density at radius 3 is 2.92 bits per heavy atom. The lowest BCUT2D eigenvalue weighted by Crippen LogP contribution is -2.09. The van der Waals surface area contributed by atoms with Crippen LogP contribution in [-0.2, 0) is 14.3 Å². The largest absolute Gasteiger partial charge is 0.493 e. The minimum absolute atomic E-state index is 0.152. The summed E-state index contributed by atoms with van der Waals surface area (Å²) in [5.74, 6) is 0.448. The quantitative estimate of drug-likeness (QED) is 0.439. The second kappa shape index (κ2) is 4.11. The van der Waals surface area contributed by atoms with E-state index in [1.807, 2.05) is 0 Å². The highest BCUT2D eigenvalue weighted by molar-refractivity contribution is 14.1. The number of carbonyl (C=O) groups is 1. The molecule has 0 saturated heterocycles. The summed E-state index contributed by atoms with van der Waals surface area (Å²) < 4.78 is 10.9. The van der Waals surface area contributed by atoms with Crippen LogP contribution in [0, 0.1) is 0 Å². The van der Waals surface area contributed by atoms with Crippen LogP contribution in [0.4, 0.5) is 0 Å². The van der Waals surface area contributed by atoms with Gasteiger partial charge >= 0.3 is 5.97 Å². The lowest BCUT2D eigenvalue weighted by molar-refractivity contribution is -0.136. The fourth-order valence-electron chi connectivity index (χ4n) is 1.17. The standard InChI is InChI=1S/C8H11IO3/c1-5-7(8(10)11-2)3-6(4-9)12-5/h6H,3-4H2,1-2H3. The van der Waals surface area contributed by atoms with Gasteiger partial charge in [0.25, 0.3) is 0 Å². The first kappa shape index (κ1) is 9.83. The lowest BCUT2D eigenvalue weighted by atomic mass is 10.1. The van der Waals surface area contributed by atoms with Crippen molar-refractivity contribution in [3.63, 3.8) is 0 Å². The SMILES string of the molecule is COC(=O)C1=C(C)OC(CI)C1. The Morgan fingerprint density at radius 1 is 1.83 bits per heavy atom. The molecule has 0 aliphatic carbocycles. The zero-order valence-corrected chi connectivity index (χ0v) is 9.25. The minimum atomic E-state index is -0.264. The van der Waals surface area contributed by atoms with E-state index in [2.05, 4.69) is 27.3 Å². The zero-order chi connectivity index (χ0) is 9.14. The maximum atomic E-state index is 11.1. The summed E-state index contributed by atoms with van der Waals surface area (Å²) in [6.45, 7) is 1.80. The smallest absolute Gasteiger partial charge is 0.337 e. The summed E-state index contributed by atoms with van der Waals surface area (Å²) in [4.78, 5) is 11.1. The molecule has 1 aliphatic heterocycles. The molecule has 0 fully saturated rings. The molecule has 0 spiro atoms. The maximum absolute atomic E-state index is 11.1. The van der Waals surface area contributed by atoms with Gasteiger partial charge in [-0.1, -0.05) is 22.6 Å². The third kappa shape index (κ3) is 1.91. The van der Waals surface area contributed by atoms with E-state index in [4.69, 9.17) is 4.74 Å². The van der Waals surface area contributed by atoms with Gasteiger partial charge in [0, 0.05) is 10.8 Å². The van der Waals surface area contributed by atoms with Gasteiger partial charge in [-0.3, -0.25) is 0 Å². The Kier molecular flexibility index (Phi) is 3.37. The van der Waals surface area contributed by atoms with Gasteiger partial charge in [-0.25, -0.2) is 4.79 Å². The highest BCUT2D eigenvalue weighted by atomic mass is 127. The van der Waals surface area contributed by atoms with Gasteiger partial charge in [0.2, 0.25) is 0 Å². The molecule has 12 heavy (non-hydrogen) atoms. The highest BCUT2D eigenvalue weighted by Crippen LogP contribution is 2.26. The van der Waals surface area contributed by atoms with E-state index >= 15 is 0 Å². The molecule has 1 aliphatic rings. The molecule has 0 radical (unpaired) electrons. The van der Waals surface area contributed by atoms with Crippen molar-refractivity contribution in [3.05, 3.63) is 11.3 Å². The maximum Gasteiger partial charge on any atom is 0.337 e. The Morgan fingerprint density at radius 2 is 2.50 bits per heavy atom. The van der Waals surface area contributed by atoms with Crippen LogP contribution >= 0.6 is 22.6 Å². The molecular formula is C8H11IO3. The van der Waals surface area contributed by atoms with Gasteiger partial charge < -0.3 is 9.47 Å². The lowest BCUT2D eigenvalue weighted by Gasteiger charge is -2.05. The fraction of sp³-hybridized carbons (Fsp3) is 0.625. The molecule has 68 valence electrons. The molecule has 0 saturated carbocycles. The number of rotatable bonds is 2. The molecule has 0 bridgehead atoms. The number of hydrogen-bond acceptors (Lipinski definition) is 3. The second-order valence-corrected chi connectivity index (χ2v) is 3.51. The van der Waals surface area contributed by atoms with E-state index < -0.39 is 0 Å². The van der Waals surface area contributed by atoms with Gasteiger partial charge in [-0.2, -0.15) is 0 Å². The first-order valence-corrected chi connectivity index (χ1v) is 5.22. The van der Waals surface area contributed by atoms with Crippen LogP contribution in [0.3, 0.4) is 0 Å². The third-order valence-corrected chi connectivity index (χ3v) is 2.79. The van der Waals surface area contributed by atoms with E-state index in [-0.39, 0.29) is 12.1 Å². The molecule has 0 aromatic rings. The predicted octanol–water partition coefficient (Wildman–Crippen LogP) is 1.66. The van der Waals surface area contributed by atoms with Crippen molar-refractivity contribution in [1.82, 2.24) is 0 Å². The topological polar surface area (TPSA) is 35.5 Å². The first-order chi connectivity index (χ1) is 5.69. The van der Waals surface area contributed by atoms with Crippen molar-refractivity contribution in [2.24, 2.45) is 0 Å². The summed E-state index contributed by atoms with van der Waals surface area (Å²) in [7, 11) is 1.39. The van der Waals surface area contributed by atoms with Crippen molar-refractivity contribution in [1.29, 1.82) is 0 Å². The summed E-state index contributed by atoms with van der Waals surface area (Å²) in [6.07, 6.45) is 0.834. The Labute approximate surface area is 85.2 Å². The molecule has 0 aromatic carbocycles. The van der Waals surface area contributed by atoms with E-state index in [0.717, 1.165) is 4.43 Å². The van der Waals surface area contributed by atoms with Crippen LogP contribution in [0.5, 0.6) is 0 Å². The monoisotopic (exact) mass is 282 g/mol. The Hall–Kier alpha value is -0.260. The number of methoxy groups -OCH3 is 1. The molecule has 1 unspecified atom stereocenters. The van der Waals surface area contributed by atoms with Crippen molar-refractivity contribution >= 4 is 28.6 Å². The summed E-state index contributed by atoms with van der Waals surface area (Å²) >= 11 is 2.24. The van der Waals surface area contributed by atoms with Crippen LogP contribution in [0.15, 0.2) is 11.3 Å². The summed E-state index contributed by atoms with van der Waals surface area (Å²) in [5.41, 5.74) is 0.680. The number of allylic oxidation sites excluding steroid dienone is 1. The van der Waals surface area contributed by atoms with Gasteiger partial charge in [0.15, 0.2) is 0 Å². The van der Waals surface area contributed by atoms with Crippen LogP contribution in [0.2, 0.25) is 0 Å². The normalized spacial score (nSPS) is 22.4. The Bertz CT molecular complexity index is 222. The van der Waals surface area contributed by atoms with E-state index in [1.165, 1.54) is 7.11 Å². The van der Waals surface area contributed by atoms with Gasteiger partial charge in [-0.05, 0) is 6.92 Å². The van der Waals surface area contributed by atoms with Crippen molar-refractivity contribution in [2.45, 2.75) is 19.4 Å². The molecule has 1 rings (SSSR count). The van der Waals surface area contributed by atoms with Gasteiger partial charge in [0.05, 0.1) is 12.7 Å². The van der Waals surface area contributed by atoms with Crippen LogP contribution in [0.1, 0.15) is 13.3 Å². The van der Waals surface area contributed by atoms with Gasteiger partial charge in [-0.15, -0.1) is 0 Å². The number of carbonyl (C=O) groups excluding carboxylic acids is 1. The van der Waals surface area contributed by atoms with E-state index in [9.17, 15) is 4.79 Å². The number of ether oxygens (including phenoxy) is 2. The van der Waals surface area contributed by atoms with Crippen LogP contribution < -0.4 is 0 Å². The van der Waals surface area contributed by atoms with Crippen molar-refractivity contribution in [3.8, 4) is 0 Å². The summed E-state index contributed by atoms with van der Waals surface area (Å²) in [6, 6.07) is 0. The highest BCUT2D eigenvalue weighted by Gasteiger charge is 2.27. The number of hydrogen-bond donors (Lipinski definition) is 0. The van der Waals surface area contributed by atoms with Crippen molar-refractivity contribution < 1.29 is 14.3 Å². The number of esters is 1. The molecule has 0 aromatic heterocycles. The average Bonchev–Trinajstić information content (AvgIpc) is 2.45. The van der Waals surface area contributed by atoms with E-state index in [1.54, 1.807) is 6.92 Å². The zero-order valence-electron chi connectivity index (χ0n) is 7.09. The predicted molar refractivity (Wildman–Crippen MR) is 53.1 cm³/mol. The molecular weight excluding hydrogens is 271 g/mol. The molecule has 1 heterocycles. The average molecular weight is 282 g/mol.